The second-order valence-electron chi connectivity index (χ2n) is 12.1. The van der Waals surface area contributed by atoms with Crippen molar-refractivity contribution in [2.45, 2.75) is 103 Å². The average molecular weight is 526 g/mol. The Morgan fingerprint density at radius 2 is 1.59 bits per heavy atom. The summed E-state index contributed by atoms with van der Waals surface area (Å²) >= 11 is 0. The minimum atomic E-state index is -4.87. The van der Waals surface area contributed by atoms with Gasteiger partial charge in [-0.15, -0.1) is 0 Å². The van der Waals surface area contributed by atoms with E-state index in [1.807, 2.05) is 44.7 Å². The Balaban J connectivity index is 1.27. The molecule has 2 unspecified atom stereocenters. The lowest BCUT2D eigenvalue weighted by Crippen LogP contribution is -2.61. The van der Waals surface area contributed by atoms with Crippen molar-refractivity contribution in [1.82, 2.24) is 15.2 Å². The Hall–Kier alpha value is -2.72. The van der Waals surface area contributed by atoms with Gasteiger partial charge in [-0.3, -0.25) is 4.79 Å². The fraction of sp³-hybridized carbons (Fsp3) is 0.731. The van der Waals surface area contributed by atoms with Crippen LogP contribution in [0, 0.1) is 12.3 Å². The van der Waals surface area contributed by atoms with E-state index in [0.29, 0.717) is 11.9 Å². The van der Waals surface area contributed by atoms with Crippen molar-refractivity contribution in [3.05, 3.63) is 17.8 Å². The molecule has 0 bridgehead atoms. The molecule has 2 saturated carbocycles. The molecule has 1 aliphatic heterocycles. The number of piperazine rings is 1. The zero-order valence-electron chi connectivity index (χ0n) is 22.4. The molecule has 1 spiro atoms. The molecule has 4 rings (SSSR count). The molecule has 0 radical (unpaired) electrons. The number of hydrogen-bond donors (Lipinski definition) is 2. The fourth-order valence-electron chi connectivity index (χ4n) is 6.14. The molecule has 3 fully saturated rings. The Morgan fingerprint density at radius 1 is 1.03 bits per heavy atom. The maximum atomic E-state index is 13.0. The zero-order chi connectivity index (χ0) is 27.3. The van der Waals surface area contributed by atoms with Crippen LogP contribution in [0.2, 0.25) is 0 Å². The summed E-state index contributed by atoms with van der Waals surface area (Å²) in [5.74, 6) is -1.09. The number of hydrogen-bond acceptors (Lipinski definition) is 6. The van der Waals surface area contributed by atoms with Crippen LogP contribution in [0.25, 0.3) is 0 Å². The van der Waals surface area contributed by atoms with Gasteiger partial charge in [0.2, 0.25) is 0 Å². The number of anilines is 2. The molecule has 3 aliphatic rings. The fourth-order valence-corrected chi connectivity index (χ4v) is 6.14. The number of aryl methyl sites for hydroxylation is 1. The summed E-state index contributed by atoms with van der Waals surface area (Å²) in [4.78, 5) is 31.4. The van der Waals surface area contributed by atoms with Gasteiger partial charge < -0.3 is 25.2 Å². The third-order valence-electron chi connectivity index (χ3n) is 7.59. The summed E-state index contributed by atoms with van der Waals surface area (Å²) in [6, 6.07) is 3.19. The lowest BCUT2D eigenvalue weighted by molar-refractivity contribution is -0.190. The Morgan fingerprint density at radius 3 is 2.11 bits per heavy atom. The summed E-state index contributed by atoms with van der Waals surface area (Å²) in [5.41, 5.74) is 1.54. The van der Waals surface area contributed by atoms with Gasteiger partial charge in [0, 0.05) is 37.3 Å². The van der Waals surface area contributed by atoms with E-state index in [9.17, 15) is 22.8 Å². The number of amides is 2. The maximum Gasteiger partial charge on any atom is 0.471 e. The minimum Gasteiger partial charge on any atom is -0.444 e. The van der Waals surface area contributed by atoms with Gasteiger partial charge in [-0.25, -0.2) is 9.78 Å². The van der Waals surface area contributed by atoms with Crippen molar-refractivity contribution < 1.29 is 27.5 Å². The Bertz CT molecular complexity index is 1020. The highest BCUT2D eigenvalue weighted by atomic mass is 19.4. The Kier molecular flexibility index (Phi) is 7.05. The third-order valence-corrected chi connectivity index (χ3v) is 7.59. The molecule has 1 saturated heterocycles. The van der Waals surface area contributed by atoms with Crippen LogP contribution in [-0.2, 0) is 9.53 Å². The molecule has 2 amide bonds. The van der Waals surface area contributed by atoms with Crippen LogP contribution in [0.15, 0.2) is 12.1 Å². The van der Waals surface area contributed by atoms with Gasteiger partial charge in [0.25, 0.3) is 0 Å². The van der Waals surface area contributed by atoms with E-state index in [-0.39, 0.29) is 30.6 Å². The lowest BCUT2D eigenvalue weighted by Gasteiger charge is -2.58. The first kappa shape index (κ1) is 27.3. The van der Waals surface area contributed by atoms with E-state index in [4.69, 9.17) is 9.72 Å². The van der Waals surface area contributed by atoms with Crippen molar-refractivity contribution in [2.24, 2.45) is 5.41 Å². The quantitative estimate of drug-likeness (QED) is 0.597. The molecule has 206 valence electrons. The van der Waals surface area contributed by atoms with Gasteiger partial charge in [0.05, 0.1) is 11.4 Å². The molecule has 8 nitrogen and oxygen atoms in total. The van der Waals surface area contributed by atoms with E-state index in [0.717, 1.165) is 42.0 Å². The summed E-state index contributed by atoms with van der Waals surface area (Å²) in [7, 11) is 0. The van der Waals surface area contributed by atoms with Crippen molar-refractivity contribution in [3.8, 4) is 0 Å². The zero-order valence-corrected chi connectivity index (χ0v) is 22.4. The van der Waals surface area contributed by atoms with Crippen LogP contribution in [-0.4, -0.2) is 70.9 Å². The highest BCUT2D eigenvalue weighted by Crippen LogP contribution is 2.56. The number of ether oxygens (including phenoxy) is 1. The van der Waals surface area contributed by atoms with E-state index in [1.54, 1.807) is 13.8 Å². The number of pyridine rings is 1. The van der Waals surface area contributed by atoms with Crippen molar-refractivity contribution in [2.75, 3.05) is 23.3 Å². The molecule has 11 heteroatoms. The molecule has 2 aliphatic carbocycles. The van der Waals surface area contributed by atoms with Gasteiger partial charge in [-0.05, 0) is 84.8 Å². The SMILES string of the molecule is Cc1nc(N2CC(C)N(C(=O)C(F)(F)F)C(C)C2)ccc1NC1CC2(CC(NC(=O)OC(C)(C)C)C2)C1. The summed E-state index contributed by atoms with van der Waals surface area (Å²) in [6.45, 7) is 11.3. The number of alkyl carbamates (subject to hydrolysis) is 1. The molecular formula is C26H38F3N5O3. The molecule has 1 aromatic rings. The highest BCUT2D eigenvalue weighted by Gasteiger charge is 2.53. The van der Waals surface area contributed by atoms with Crippen molar-refractivity contribution >= 4 is 23.5 Å². The number of alkyl halides is 3. The molecule has 2 N–H and O–H groups in total. The number of nitrogens with zero attached hydrogens (tertiary/aromatic N) is 3. The van der Waals surface area contributed by atoms with Gasteiger partial charge in [0.15, 0.2) is 0 Å². The van der Waals surface area contributed by atoms with Crippen LogP contribution in [0.3, 0.4) is 0 Å². The number of rotatable bonds is 4. The topological polar surface area (TPSA) is 86.8 Å². The van der Waals surface area contributed by atoms with Crippen LogP contribution in [0.5, 0.6) is 0 Å². The van der Waals surface area contributed by atoms with Gasteiger partial charge >= 0.3 is 18.2 Å². The molecular weight excluding hydrogens is 487 g/mol. The summed E-state index contributed by atoms with van der Waals surface area (Å²) in [5, 5.41) is 6.53. The first-order valence-electron chi connectivity index (χ1n) is 12.9. The van der Waals surface area contributed by atoms with E-state index < -0.39 is 29.8 Å². The van der Waals surface area contributed by atoms with Crippen molar-refractivity contribution in [1.29, 1.82) is 0 Å². The first-order valence-corrected chi connectivity index (χ1v) is 12.9. The van der Waals surface area contributed by atoms with Crippen LogP contribution in [0.1, 0.15) is 66.0 Å². The summed E-state index contributed by atoms with van der Waals surface area (Å²) < 4.78 is 44.3. The predicted molar refractivity (Wildman–Crippen MR) is 134 cm³/mol. The second kappa shape index (κ2) is 9.54. The molecule has 2 atom stereocenters. The normalized spacial score (nSPS) is 29.9. The van der Waals surface area contributed by atoms with E-state index in [2.05, 4.69) is 10.6 Å². The standard InChI is InChI=1S/C26H38F3N5O3/c1-15-13-33(14-16(2)34(15)22(35)26(27,28)29)21-8-7-20(17(3)30-21)31-18-9-25(10-18)11-19(12-25)32-23(36)37-24(4,5)6/h7-8,15-16,18-19,31H,9-14H2,1-6H3,(H,32,36). The second-order valence-corrected chi connectivity index (χ2v) is 12.1. The van der Waals surface area contributed by atoms with E-state index >= 15 is 0 Å². The predicted octanol–water partition coefficient (Wildman–Crippen LogP) is 4.63. The minimum absolute atomic E-state index is 0.162. The van der Waals surface area contributed by atoms with Crippen LogP contribution in [0.4, 0.5) is 29.5 Å². The number of carbonyl (C=O) groups is 2. The van der Waals surface area contributed by atoms with Gasteiger partial charge in [-0.1, -0.05) is 0 Å². The maximum absolute atomic E-state index is 13.0. The monoisotopic (exact) mass is 525 g/mol. The first-order chi connectivity index (χ1) is 17.1. The number of nitrogens with one attached hydrogen (secondary N) is 2. The van der Waals surface area contributed by atoms with Gasteiger partial charge in [0.1, 0.15) is 11.4 Å². The number of carbonyl (C=O) groups excluding carboxylic acids is 2. The highest BCUT2D eigenvalue weighted by molar-refractivity contribution is 5.82. The van der Waals surface area contributed by atoms with Crippen LogP contribution >= 0.6 is 0 Å². The van der Waals surface area contributed by atoms with Gasteiger partial charge in [-0.2, -0.15) is 13.2 Å². The van der Waals surface area contributed by atoms with E-state index in [1.165, 1.54) is 0 Å². The smallest absolute Gasteiger partial charge is 0.444 e. The molecule has 1 aromatic heterocycles. The summed E-state index contributed by atoms with van der Waals surface area (Å²) in [6.07, 6.45) is -1.25. The number of aromatic nitrogens is 1. The average Bonchev–Trinajstić information content (AvgIpc) is 2.69. The molecule has 37 heavy (non-hydrogen) atoms. The largest absolute Gasteiger partial charge is 0.471 e. The van der Waals surface area contributed by atoms with Crippen molar-refractivity contribution in [3.63, 3.8) is 0 Å². The third kappa shape index (κ3) is 6.06. The molecule has 2 heterocycles. The molecule has 0 aromatic carbocycles. The van der Waals surface area contributed by atoms with Crippen LogP contribution < -0.4 is 15.5 Å². The lowest BCUT2D eigenvalue weighted by atomic mass is 9.52. The number of halogens is 3. The Labute approximate surface area is 216 Å².